The lowest BCUT2D eigenvalue weighted by molar-refractivity contribution is -0.105. The number of ether oxygens (including phenoxy) is 1. The van der Waals surface area contributed by atoms with Crippen LogP contribution in [-0.2, 0) is 24.4 Å². The van der Waals surface area contributed by atoms with E-state index in [0.29, 0.717) is 24.5 Å². The average molecular weight is 417 g/mol. The molecule has 3 aromatic carbocycles. The Morgan fingerprint density at radius 2 is 1.71 bits per heavy atom. The predicted molar refractivity (Wildman–Crippen MR) is 122 cm³/mol. The van der Waals surface area contributed by atoms with Gasteiger partial charge in [-0.2, -0.15) is 0 Å². The Kier molecular flexibility index (Phi) is 6.65. The molecule has 2 N–H and O–H groups in total. The summed E-state index contributed by atoms with van der Waals surface area (Å²) in [5, 5.41) is 14.0. The van der Waals surface area contributed by atoms with E-state index in [4.69, 9.17) is 4.74 Å². The third-order valence-corrected chi connectivity index (χ3v) is 5.97. The molecule has 4 rings (SSSR count). The lowest BCUT2D eigenvalue weighted by atomic mass is 9.83. The van der Waals surface area contributed by atoms with E-state index >= 15 is 0 Å². The molecule has 0 aromatic heterocycles. The smallest absolute Gasteiger partial charge is 0.211 e. The second-order valence-electron chi connectivity index (χ2n) is 7.99. The number of nitrogens with zero attached hydrogens (tertiary/aromatic N) is 1. The van der Waals surface area contributed by atoms with Crippen molar-refractivity contribution < 1.29 is 14.6 Å². The van der Waals surface area contributed by atoms with E-state index in [0.717, 1.165) is 36.1 Å². The van der Waals surface area contributed by atoms with Crippen molar-refractivity contribution in [3.05, 3.63) is 95.1 Å². The topological polar surface area (TPSA) is 61.8 Å². The van der Waals surface area contributed by atoms with E-state index in [2.05, 4.69) is 22.3 Å². The third kappa shape index (κ3) is 4.79. The van der Waals surface area contributed by atoms with Crippen LogP contribution >= 0.6 is 0 Å². The van der Waals surface area contributed by atoms with E-state index in [1.807, 2.05) is 67.7 Å². The zero-order valence-electron chi connectivity index (χ0n) is 17.7. The highest BCUT2D eigenvalue weighted by molar-refractivity contribution is 5.79. The van der Waals surface area contributed by atoms with Crippen LogP contribution in [0.4, 0.5) is 5.69 Å². The lowest BCUT2D eigenvalue weighted by Crippen LogP contribution is -2.39. The molecule has 0 saturated heterocycles. The summed E-state index contributed by atoms with van der Waals surface area (Å²) in [5.41, 5.74) is 4.74. The van der Waals surface area contributed by atoms with Crippen LogP contribution in [-0.4, -0.2) is 29.5 Å². The molecule has 2 atom stereocenters. The summed E-state index contributed by atoms with van der Waals surface area (Å²) in [4.78, 5) is 13.5. The number of benzene rings is 3. The fourth-order valence-corrected chi connectivity index (χ4v) is 4.37. The molecular weight excluding hydrogens is 388 g/mol. The maximum atomic E-state index is 11.3. The zero-order valence-corrected chi connectivity index (χ0v) is 17.7. The van der Waals surface area contributed by atoms with Gasteiger partial charge in [-0.05, 0) is 48.2 Å². The Morgan fingerprint density at radius 1 is 1.03 bits per heavy atom. The number of anilines is 1. The van der Waals surface area contributed by atoms with Crippen molar-refractivity contribution in [1.29, 1.82) is 0 Å². The molecule has 3 aromatic rings. The van der Waals surface area contributed by atoms with Crippen molar-refractivity contribution in [2.45, 2.75) is 38.1 Å². The lowest BCUT2D eigenvalue weighted by Gasteiger charge is -2.37. The van der Waals surface area contributed by atoms with Gasteiger partial charge in [-0.25, -0.2) is 0 Å². The minimum atomic E-state index is -0.632. The first-order valence-corrected chi connectivity index (χ1v) is 10.6. The first-order chi connectivity index (χ1) is 15.2. The Labute approximate surface area is 183 Å². The van der Waals surface area contributed by atoms with Crippen LogP contribution < -0.4 is 10.1 Å². The van der Waals surface area contributed by atoms with Gasteiger partial charge in [0.2, 0.25) is 6.41 Å². The largest absolute Gasteiger partial charge is 0.487 e. The summed E-state index contributed by atoms with van der Waals surface area (Å²) in [6.07, 6.45) is 1.60. The number of nitrogens with one attached hydrogen (secondary N) is 1. The van der Waals surface area contributed by atoms with Crippen LogP contribution in [0.15, 0.2) is 72.8 Å². The van der Waals surface area contributed by atoms with Crippen molar-refractivity contribution in [1.82, 2.24) is 4.90 Å². The van der Waals surface area contributed by atoms with Gasteiger partial charge in [0.1, 0.15) is 12.4 Å². The third-order valence-electron chi connectivity index (χ3n) is 5.97. The summed E-state index contributed by atoms with van der Waals surface area (Å²) in [6.45, 7) is 1.19. The van der Waals surface area contributed by atoms with E-state index in [-0.39, 0.29) is 6.04 Å². The normalized spacial score (nSPS) is 17.8. The van der Waals surface area contributed by atoms with E-state index < -0.39 is 6.10 Å². The number of hydrogen-bond acceptors (Lipinski definition) is 4. The van der Waals surface area contributed by atoms with Crippen LogP contribution in [0.25, 0.3) is 0 Å². The SMILES string of the molecule is CN(Cc1ccccc1)[C@H]1CCc2c(ccc(OCc3ccccc3)c2NC=O)[C@H]1O. The monoisotopic (exact) mass is 416 g/mol. The number of carbonyl (C=O) groups is 1. The molecule has 1 aliphatic rings. The summed E-state index contributed by atoms with van der Waals surface area (Å²) in [5.74, 6) is 0.623. The van der Waals surface area contributed by atoms with Gasteiger partial charge in [0.25, 0.3) is 0 Å². The molecular formula is C26H28N2O3. The minimum Gasteiger partial charge on any atom is -0.487 e. The van der Waals surface area contributed by atoms with Crippen LogP contribution in [0.2, 0.25) is 0 Å². The standard InChI is InChI=1S/C26H28N2O3/c1-28(16-19-8-4-2-5-9-19)23-14-12-21-22(26(23)30)13-15-24(25(21)27-18-29)31-17-20-10-6-3-7-11-20/h2-11,13,15,18,23,26,30H,12,14,16-17H2,1H3,(H,27,29)/t23-,26+/m0/s1. The van der Waals surface area contributed by atoms with Gasteiger partial charge in [-0.1, -0.05) is 66.7 Å². The Bertz CT molecular complexity index is 1010. The number of hydrogen-bond donors (Lipinski definition) is 2. The zero-order chi connectivity index (χ0) is 21.6. The average Bonchev–Trinajstić information content (AvgIpc) is 2.80. The van der Waals surface area contributed by atoms with Gasteiger partial charge in [0.05, 0.1) is 11.8 Å². The minimum absolute atomic E-state index is 0.00729. The maximum absolute atomic E-state index is 11.3. The highest BCUT2D eigenvalue weighted by atomic mass is 16.5. The van der Waals surface area contributed by atoms with Crippen LogP contribution in [0, 0.1) is 0 Å². The molecule has 0 bridgehead atoms. The summed E-state index contributed by atoms with van der Waals surface area (Å²) in [7, 11) is 2.05. The molecule has 1 amide bonds. The maximum Gasteiger partial charge on any atom is 0.211 e. The highest BCUT2D eigenvalue weighted by Crippen LogP contribution is 2.41. The van der Waals surface area contributed by atoms with Gasteiger partial charge in [-0.3, -0.25) is 9.69 Å². The quantitative estimate of drug-likeness (QED) is 0.537. The Balaban J connectivity index is 1.54. The fraction of sp³-hybridized carbons (Fsp3) is 0.269. The molecule has 0 fully saturated rings. The second kappa shape index (κ2) is 9.77. The van der Waals surface area contributed by atoms with E-state index in [9.17, 15) is 9.90 Å². The summed E-state index contributed by atoms with van der Waals surface area (Å²) >= 11 is 0. The van der Waals surface area contributed by atoms with E-state index in [1.165, 1.54) is 5.56 Å². The van der Waals surface area contributed by atoms with Crippen molar-refractivity contribution in [3.8, 4) is 5.75 Å². The van der Waals surface area contributed by atoms with Gasteiger partial charge >= 0.3 is 0 Å². The molecule has 0 saturated carbocycles. The Hall–Kier alpha value is -3.15. The number of fused-ring (bicyclic) bond motifs is 1. The van der Waals surface area contributed by atoms with Gasteiger partial charge in [0, 0.05) is 12.6 Å². The first kappa shape index (κ1) is 21.1. The predicted octanol–water partition coefficient (Wildman–Crippen LogP) is 4.31. The highest BCUT2D eigenvalue weighted by Gasteiger charge is 2.33. The molecule has 1 aliphatic carbocycles. The molecule has 0 heterocycles. The first-order valence-electron chi connectivity index (χ1n) is 10.6. The molecule has 0 radical (unpaired) electrons. The second-order valence-corrected chi connectivity index (χ2v) is 7.99. The van der Waals surface area contributed by atoms with E-state index in [1.54, 1.807) is 0 Å². The van der Waals surface area contributed by atoms with Gasteiger partial charge in [0.15, 0.2) is 0 Å². The Morgan fingerprint density at radius 3 is 2.39 bits per heavy atom. The molecule has 0 spiro atoms. The van der Waals surface area contributed by atoms with Gasteiger partial charge in [-0.15, -0.1) is 0 Å². The molecule has 31 heavy (non-hydrogen) atoms. The number of aliphatic hydroxyl groups excluding tert-OH is 1. The number of rotatable bonds is 8. The number of likely N-dealkylation sites (N-methyl/N-ethyl adjacent to an activating group) is 1. The summed E-state index contributed by atoms with van der Waals surface area (Å²) < 4.78 is 6.02. The van der Waals surface area contributed by atoms with Crippen molar-refractivity contribution >= 4 is 12.1 Å². The molecule has 5 heteroatoms. The summed E-state index contributed by atoms with van der Waals surface area (Å²) in [6, 6.07) is 24.0. The van der Waals surface area contributed by atoms with Crippen LogP contribution in [0.5, 0.6) is 5.75 Å². The molecule has 0 unspecified atom stereocenters. The fourth-order valence-electron chi connectivity index (χ4n) is 4.37. The molecule has 5 nitrogen and oxygen atoms in total. The van der Waals surface area contributed by atoms with Crippen molar-refractivity contribution in [3.63, 3.8) is 0 Å². The van der Waals surface area contributed by atoms with Crippen LogP contribution in [0.1, 0.15) is 34.8 Å². The van der Waals surface area contributed by atoms with Crippen molar-refractivity contribution in [2.75, 3.05) is 12.4 Å². The van der Waals surface area contributed by atoms with Gasteiger partial charge < -0.3 is 15.2 Å². The number of carbonyl (C=O) groups excluding carboxylic acids is 1. The number of amides is 1. The molecule has 160 valence electrons. The van der Waals surface area contributed by atoms with Crippen molar-refractivity contribution in [2.24, 2.45) is 0 Å². The molecule has 0 aliphatic heterocycles. The number of aliphatic hydroxyl groups is 1. The van der Waals surface area contributed by atoms with Crippen LogP contribution in [0.3, 0.4) is 0 Å².